The molecule has 0 radical (unpaired) electrons. The number of nitrogens with one attached hydrogen (secondary N) is 1. The molecule has 2 aromatic carbocycles. The Morgan fingerprint density at radius 3 is 2.56 bits per heavy atom. The summed E-state index contributed by atoms with van der Waals surface area (Å²) in [6.45, 7) is 5.01. The SMILES string of the molecule is COc1cc(Cl)ccc1NC(=O)C1(c2ccccc2C(C)C)COC1. The summed E-state index contributed by atoms with van der Waals surface area (Å²) < 4.78 is 10.8. The summed E-state index contributed by atoms with van der Waals surface area (Å²) in [5, 5.41) is 3.55. The van der Waals surface area contributed by atoms with E-state index in [1.807, 2.05) is 18.2 Å². The van der Waals surface area contributed by atoms with E-state index in [0.717, 1.165) is 5.56 Å². The third-order valence-corrected chi connectivity index (χ3v) is 4.88. The molecule has 1 aliphatic rings. The van der Waals surface area contributed by atoms with Gasteiger partial charge in [-0.25, -0.2) is 0 Å². The van der Waals surface area contributed by atoms with Crippen LogP contribution >= 0.6 is 11.6 Å². The van der Waals surface area contributed by atoms with Crippen molar-refractivity contribution in [2.24, 2.45) is 0 Å². The maximum Gasteiger partial charge on any atom is 0.239 e. The Labute approximate surface area is 153 Å². The number of anilines is 1. The first-order valence-corrected chi connectivity index (χ1v) is 8.68. The summed E-state index contributed by atoms with van der Waals surface area (Å²) in [7, 11) is 1.55. The van der Waals surface area contributed by atoms with Crippen molar-refractivity contribution in [3.05, 3.63) is 58.6 Å². The van der Waals surface area contributed by atoms with E-state index in [1.54, 1.807) is 25.3 Å². The summed E-state index contributed by atoms with van der Waals surface area (Å²) in [6, 6.07) is 13.2. The van der Waals surface area contributed by atoms with Gasteiger partial charge in [0.1, 0.15) is 11.2 Å². The molecule has 0 unspecified atom stereocenters. The van der Waals surface area contributed by atoms with Gasteiger partial charge in [0.2, 0.25) is 5.91 Å². The Hall–Kier alpha value is -2.04. The zero-order valence-corrected chi connectivity index (χ0v) is 15.4. The van der Waals surface area contributed by atoms with Crippen molar-refractivity contribution in [2.45, 2.75) is 25.2 Å². The molecule has 1 amide bonds. The summed E-state index contributed by atoms with van der Waals surface area (Å²) in [5.41, 5.74) is 2.13. The summed E-state index contributed by atoms with van der Waals surface area (Å²) in [5.74, 6) is 0.771. The number of carbonyl (C=O) groups excluding carboxylic acids is 1. The number of halogens is 1. The van der Waals surface area contributed by atoms with Gasteiger partial charge in [0, 0.05) is 11.1 Å². The number of methoxy groups -OCH3 is 1. The summed E-state index contributed by atoms with van der Waals surface area (Å²) in [4.78, 5) is 13.2. The number of benzene rings is 2. The lowest BCUT2D eigenvalue weighted by Crippen LogP contribution is -2.56. The molecule has 0 bridgehead atoms. The fourth-order valence-electron chi connectivity index (χ4n) is 3.16. The maximum absolute atomic E-state index is 13.2. The third-order valence-electron chi connectivity index (χ3n) is 4.64. The normalized spacial score (nSPS) is 15.6. The van der Waals surface area contributed by atoms with Gasteiger partial charge in [0.25, 0.3) is 0 Å². The second kappa shape index (κ2) is 7.06. The van der Waals surface area contributed by atoms with Crippen molar-refractivity contribution in [3.8, 4) is 5.75 Å². The molecule has 3 rings (SSSR count). The molecular formula is C20H22ClNO3. The van der Waals surface area contributed by atoms with Gasteiger partial charge in [-0.2, -0.15) is 0 Å². The Morgan fingerprint density at radius 1 is 1.24 bits per heavy atom. The second-order valence-corrected chi connectivity index (χ2v) is 7.05. The quantitative estimate of drug-likeness (QED) is 0.861. The molecule has 1 N–H and O–H groups in total. The molecule has 1 aliphatic heterocycles. The third kappa shape index (κ3) is 3.24. The zero-order valence-electron chi connectivity index (χ0n) is 14.6. The topological polar surface area (TPSA) is 47.6 Å². The van der Waals surface area contributed by atoms with Gasteiger partial charge in [-0.15, -0.1) is 0 Å². The van der Waals surface area contributed by atoms with E-state index in [2.05, 4.69) is 25.2 Å². The number of amides is 1. The Kier molecular flexibility index (Phi) is 5.02. The molecule has 132 valence electrons. The minimum atomic E-state index is -0.675. The van der Waals surface area contributed by atoms with Crippen molar-refractivity contribution in [2.75, 3.05) is 25.6 Å². The first-order chi connectivity index (χ1) is 12.0. The lowest BCUT2D eigenvalue weighted by atomic mass is 9.73. The van der Waals surface area contributed by atoms with Gasteiger partial charge in [0.05, 0.1) is 26.0 Å². The van der Waals surface area contributed by atoms with Gasteiger partial charge < -0.3 is 14.8 Å². The number of hydrogen-bond donors (Lipinski definition) is 1. The van der Waals surface area contributed by atoms with Crippen LogP contribution in [-0.4, -0.2) is 26.2 Å². The molecule has 1 heterocycles. The standard InChI is InChI=1S/C20H22ClNO3/c1-13(2)15-6-4-5-7-16(15)20(11-25-12-20)19(23)22-17-9-8-14(21)10-18(17)24-3/h4-10,13H,11-12H2,1-3H3,(H,22,23). The van der Waals surface area contributed by atoms with Crippen LogP contribution in [0.1, 0.15) is 30.9 Å². The fraction of sp³-hybridized carbons (Fsp3) is 0.350. The van der Waals surface area contributed by atoms with Crippen molar-refractivity contribution in [3.63, 3.8) is 0 Å². The summed E-state index contributed by atoms with van der Waals surface area (Å²) >= 11 is 6.00. The molecular weight excluding hydrogens is 338 g/mol. The van der Waals surface area contributed by atoms with Gasteiger partial charge in [0.15, 0.2) is 0 Å². The van der Waals surface area contributed by atoms with Crippen LogP contribution in [-0.2, 0) is 14.9 Å². The fourth-order valence-corrected chi connectivity index (χ4v) is 3.32. The highest BCUT2D eigenvalue weighted by Gasteiger charge is 2.49. The van der Waals surface area contributed by atoms with Crippen LogP contribution in [0.15, 0.2) is 42.5 Å². The largest absolute Gasteiger partial charge is 0.495 e. The molecule has 2 aromatic rings. The monoisotopic (exact) mass is 359 g/mol. The smallest absolute Gasteiger partial charge is 0.239 e. The van der Waals surface area contributed by atoms with E-state index >= 15 is 0 Å². The van der Waals surface area contributed by atoms with Crippen LogP contribution in [0.25, 0.3) is 0 Å². The number of rotatable bonds is 5. The number of ether oxygens (including phenoxy) is 2. The minimum Gasteiger partial charge on any atom is -0.495 e. The predicted molar refractivity (Wildman–Crippen MR) is 99.7 cm³/mol. The highest BCUT2D eigenvalue weighted by Crippen LogP contribution is 2.39. The van der Waals surface area contributed by atoms with Crippen LogP contribution in [0.2, 0.25) is 5.02 Å². The van der Waals surface area contributed by atoms with E-state index in [1.165, 1.54) is 5.56 Å². The highest BCUT2D eigenvalue weighted by atomic mass is 35.5. The van der Waals surface area contributed by atoms with Crippen LogP contribution in [0.3, 0.4) is 0 Å². The molecule has 0 saturated carbocycles. The molecule has 0 aliphatic carbocycles. The highest BCUT2D eigenvalue weighted by molar-refractivity contribution is 6.30. The van der Waals surface area contributed by atoms with Gasteiger partial charge in [-0.1, -0.05) is 49.7 Å². The molecule has 5 heteroatoms. The maximum atomic E-state index is 13.2. The molecule has 4 nitrogen and oxygen atoms in total. The Bertz CT molecular complexity index is 784. The van der Waals surface area contributed by atoms with Crippen LogP contribution in [0.5, 0.6) is 5.75 Å². The average Bonchev–Trinajstić information content (AvgIpc) is 2.55. The average molecular weight is 360 g/mol. The van der Waals surface area contributed by atoms with Gasteiger partial charge in [-0.3, -0.25) is 4.79 Å². The molecule has 0 aromatic heterocycles. The van der Waals surface area contributed by atoms with Crippen LogP contribution < -0.4 is 10.1 Å². The Balaban J connectivity index is 1.95. The van der Waals surface area contributed by atoms with Crippen molar-refractivity contribution in [1.29, 1.82) is 0 Å². The predicted octanol–water partition coefficient (Wildman–Crippen LogP) is 4.38. The molecule has 0 spiro atoms. The molecule has 1 saturated heterocycles. The van der Waals surface area contributed by atoms with E-state index in [-0.39, 0.29) is 5.91 Å². The van der Waals surface area contributed by atoms with E-state index in [4.69, 9.17) is 21.1 Å². The van der Waals surface area contributed by atoms with E-state index in [0.29, 0.717) is 35.6 Å². The van der Waals surface area contributed by atoms with Gasteiger partial charge in [-0.05, 0) is 29.2 Å². The first kappa shape index (κ1) is 17.8. The van der Waals surface area contributed by atoms with Crippen LogP contribution in [0, 0.1) is 0 Å². The Morgan fingerprint density at radius 2 is 1.96 bits per heavy atom. The van der Waals surface area contributed by atoms with Gasteiger partial charge >= 0.3 is 0 Å². The lowest BCUT2D eigenvalue weighted by Gasteiger charge is -2.41. The molecule has 0 atom stereocenters. The van der Waals surface area contributed by atoms with Crippen molar-refractivity contribution < 1.29 is 14.3 Å². The zero-order chi connectivity index (χ0) is 18.0. The minimum absolute atomic E-state index is 0.0903. The second-order valence-electron chi connectivity index (χ2n) is 6.62. The van der Waals surface area contributed by atoms with Crippen molar-refractivity contribution >= 4 is 23.2 Å². The van der Waals surface area contributed by atoms with E-state index < -0.39 is 5.41 Å². The lowest BCUT2D eigenvalue weighted by molar-refractivity contribution is -0.139. The van der Waals surface area contributed by atoms with E-state index in [9.17, 15) is 4.79 Å². The van der Waals surface area contributed by atoms with Crippen molar-refractivity contribution in [1.82, 2.24) is 0 Å². The summed E-state index contributed by atoms with van der Waals surface area (Å²) in [6.07, 6.45) is 0. The first-order valence-electron chi connectivity index (χ1n) is 8.30. The van der Waals surface area contributed by atoms with Crippen LogP contribution in [0.4, 0.5) is 5.69 Å². The molecule has 1 fully saturated rings. The number of carbonyl (C=O) groups is 1. The number of hydrogen-bond acceptors (Lipinski definition) is 3. The molecule has 25 heavy (non-hydrogen) atoms.